The Morgan fingerprint density at radius 3 is 2.43 bits per heavy atom. The second kappa shape index (κ2) is 5.87. The zero-order valence-electron chi connectivity index (χ0n) is 12.1. The summed E-state index contributed by atoms with van der Waals surface area (Å²) in [6, 6.07) is 2.87. The fraction of sp³-hybridized carbons (Fsp3) is 0.533. The Balaban J connectivity index is 1.67. The molecule has 2 amide bonds. The van der Waals surface area contributed by atoms with E-state index in [0.29, 0.717) is 25.9 Å². The number of alkyl halides is 3. The van der Waals surface area contributed by atoms with E-state index in [1.54, 1.807) is 4.90 Å². The summed E-state index contributed by atoms with van der Waals surface area (Å²) in [6.45, 7) is 1.04. The van der Waals surface area contributed by atoms with Crippen LogP contribution in [0.5, 0.6) is 0 Å². The van der Waals surface area contributed by atoms with Crippen LogP contribution in [-0.4, -0.2) is 35.2 Å². The number of anilines is 1. The number of fused-ring (bicyclic) bond motifs is 1. The molecule has 23 heavy (non-hydrogen) atoms. The summed E-state index contributed by atoms with van der Waals surface area (Å²) in [4.78, 5) is 13.8. The summed E-state index contributed by atoms with van der Waals surface area (Å²) < 4.78 is 38.5. The molecule has 1 aromatic carbocycles. The first-order valence-electron chi connectivity index (χ1n) is 7.35. The van der Waals surface area contributed by atoms with Gasteiger partial charge < -0.3 is 15.3 Å². The summed E-state index contributed by atoms with van der Waals surface area (Å²) in [6.07, 6.45) is -3.53. The molecule has 2 fully saturated rings. The first-order valence-corrected chi connectivity index (χ1v) is 7.72. The quantitative estimate of drug-likeness (QED) is 0.815. The average Bonchev–Trinajstić information content (AvgIpc) is 2.96. The van der Waals surface area contributed by atoms with Crippen molar-refractivity contribution >= 4 is 23.3 Å². The lowest BCUT2D eigenvalue weighted by Gasteiger charge is -2.19. The second-order valence-electron chi connectivity index (χ2n) is 6.17. The molecule has 2 unspecified atom stereocenters. The number of aliphatic hydroxyl groups excluding tert-OH is 1. The van der Waals surface area contributed by atoms with Crippen molar-refractivity contribution in [2.45, 2.75) is 25.1 Å². The van der Waals surface area contributed by atoms with E-state index in [1.807, 2.05) is 0 Å². The minimum absolute atomic E-state index is 0.0591. The number of hydrogen-bond donors (Lipinski definition) is 2. The lowest BCUT2D eigenvalue weighted by molar-refractivity contribution is -0.137. The monoisotopic (exact) mass is 348 g/mol. The second-order valence-corrected chi connectivity index (χ2v) is 6.58. The maximum Gasteiger partial charge on any atom is 0.417 e. The van der Waals surface area contributed by atoms with Gasteiger partial charge in [0.25, 0.3) is 0 Å². The molecular formula is C15H16ClF3N2O2. The van der Waals surface area contributed by atoms with E-state index in [4.69, 9.17) is 11.6 Å². The van der Waals surface area contributed by atoms with Crippen molar-refractivity contribution in [1.82, 2.24) is 4.90 Å². The van der Waals surface area contributed by atoms with Gasteiger partial charge in [0.05, 0.1) is 16.7 Å². The maximum absolute atomic E-state index is 12.8. The minimum atomic E-state index is -4.57. The Morgan fingerprint density at radius 1 is 1.26 bits per heavy atom. The van der Waals surface area contributed by atoms with Crippen LogP contribution < -0.4 is 5.32 Å². The number of nitrogens with zero attached hydrogens (tertiary/aromatic N) is 1. The summed E-state index contributed by atoms with van der Waals surface area (Å²) in [5.74, 6) is 0.540. The van der Waals surface area contributed by atoms with Gasteiger partial charge in [-0.2, -0.15) is 13.2 Å². The van der Waals surface area contributed by atoms with Gasteiger partial charge in [-0.05, 0) is 42.9 Å². The third-order valence-electron chi connectivity index (χ3n) is 4.54. The molecule has 1 aliphatic heterocycles. The van der Waals surface area contributed by atoms with Crippen LogP contribution in [0.1, 0.15) is 18.4 Å². The molecule has 0 radical (unpaired) electrons. The number of rotatable bonds is 1. The van der Waals surface area contributed by atoms with E-state index in [0.717, 1.165) is 12.1 Å². The summed E-state index contributed by atoms with van der Waals surface area (Å²) in [7, 11) is 0. The molecule has 1 heterocycles. The third-order valence-corrected chi connectivity index (χ3v) is 4.87. The zero-order valence-corrected chi connectivity index (χ0v) is 12.9. The van der Waals surface area contributed by atoms with Gasteiger partial charge in [0, 0.05) is 18.8 Å². The van der Waals surface area contributed by atoms with E-state index in [-0.39, 0.29) is 23.6 Å². The van der Waals surface area contributed by atoms with Gasteiger partial charge in [-0.3, -0.25) is 0 Å². The van der Waals surface area contributed by atoms with Gasteiger partial charge in [0.2, 0.25) is 0 Å². The van der Waals surface area contributed by atoms with Crippen LogP contribution in [0.3, 0.4) is 0 Å². The number of halogens is 4. The molecule has 1 aromatic rings. The number of hydrogen-bond acceptors (Lipinski definition) is 2. The highest BCUT2D eigenvalue weighted by atomic mass is 35.5. The van der Waals surface area contributed by atoms with Crippen LogP contribution in [0.2, 0.25) is 5.02 Å². The van der Waals surface area contributed by atoms with Crippen molar-refractivity contribution in [2.24, 2.45) is 11.8 Å². The van der Waals surface area contributed by atoms with E-state index in [2.05, 4.69) is 5.32 Å². The number of amides is 2. The molecule has 8 heteroatoms. The van der Waals surface area contributed by atoms with E-state index >= 15 is 0 Å². The largest absolute Gasteiger partial charge is 0.417 e. The Kier molecular flexibility index (Phi) is 4.18. The predicted molar refractivity (Wildman–Crippen MR) is 79.3 cm³/mol. The molecule has 1 saturated heterocycles. The summed E-state index contributed by atoms with van der Waals surface area (Å²) >= 11 is 5.56. The Morgan fingerprint density at radius 2 is 1.87 bits per heavy atom. The van der Waals surface area contributed by atoms with Crippen molar-refractivity contribution < 1.29 is 23.1 Å². The fourth-order valence-electron chi connectivity index (χ4n) is 3.46. The Hall–Kier alpha value is -1.47. The first-order chi connectivity index (χ1) is 10.7. The Bertz CT molecular complexity index is 609. The minimum Gasteiger partial charge on any atom is -0.393 e. The van der Waals surface area contributed by atoms with Crippen LogP contribution >= 0.6 is 11.6 Å². The van der Waals surface area contributed by atoms with Crippen LogP contribution in [0, 0.1) is 11.8 Å². The topological polar surface area (TPSA) is 52.6 Å². The SMILES string of the molecule is O=C(Nc1ccc(Cl)c(C(F)(F)F)c1)N1CC2CC(O)CC2C1. The van der Waals surface area contributed by atoms with Crippen molar-refractivity contribution in [1.29, 1.82) is 0 Å². The van der Waals surface area contributed by atoms with Crippen LogP contribution in [0.15, 0.2) is 18.2 Å². The first kappa shape index (κ1) is 16.4. The van der Waals surface area contributed by atoms with Gasteiger partial charge in [-0.25, -0.2) is 4.79 Å². The van der Waals surface area contributed by atoms with Crippen LogP contribution in [-0.2, 0) is 6.18 Å². The van der Waals surface area contributed by atoms with Gasteiger partial charge >= 0.3 is 12.2 Å². The van der Waals surface area contributed by atoms with Crippen LogP contribution in [0.25, 0.3) is 0 Å². The number of nitrogens with one attached hydrogen (secondary N) is 1. The molecule has 2 N–H and O–H groups in total. The summed E-state index contributed by atoms with van der Waals surface area (Å²) in [5.41, 5.74) is -0.915. The smallest absolute Gasteiger partial charge is 0.393 e. The summed E-state index contributed by atoms with van der Waals surface area (Å²) in [5, 5.41) is 11.7. The molecule has 2 aliphatic rings. The van der Waals surface area contributed by atoms with Gasteiger partial charge in [0.15, 0.2) is 0 Å². The maximum atomic E-state index is 12.8. The van der Waals surface area contributed by atoms with Gasteiger partial charge in [-0.1, -0.05) is 11.6 Å². The van der Waals surface area contributed by atoms with Gasteiger partial charge in [-0.15, -0.1) is 0 Å². The normalized spacial score (nSPS) is 27.2. The van der Waals surface area contributed by atoms with E-state index in [9.17, 15) is 23.1 Å². The molecule has 0 bridgehead atoms. The van der Waals surface area contributed by atoms with E-state index in [1.165, 1.54) is 6.07 Å². The highest BCUT2D eigenvalue weighted by molar-refractivity contribution is 6.31. The van der Waals surface area contributed by atoms with Crippen LogP contribution in [0.4, 0.5) is 23.7 Å². The highest BCUT2D eigenvalue weighted by Crippen LogP contribution is 2.39. The number of aliphatic hydroxyl groups is 1. The zero-order chi connectivity index (χ0) is 16.8. The molecule has 3 rings (SSSR count). The number of benzene rings is 1. The molecule has 1 saturated carbocycles. The molecule has 0 spiro atoms. The van der Waals surface area contributed by atoms with Gasteiger partial charge in [0.1, 0.15) is 0 Å². The lowest BCUT2D eigenvalue weighted by atomic mass is 10.0. The van der Waals surface area contributed by atoms with E-state index < -0.39 is 22.8 Å². The number of likely N-dealkylation sites (tertiary alicyclic amines) is 1. The number of carbonyl (C=O) groups is 1. The van der Waals surface area contributed by atoms with Crippen molar-refractivity contribution in [3.8, 4) is 0 Å². The molecule has 2 atom stereocenters. The molecule has 0 aromatic heterocycles. The number of urea groups is 1. The highest BCUT2D eigenvalue weighted by Gasteiger charge is 2.42. The standard InChI is InChI=1S/C15H16ClF3N2O2/c16-13-2-1-10(5-12(13)15(17,18)19)20-14(23)21-6-8-3-11(22)4-9(8)7-21/h1-2,5,8-9,11,22H,3-4,6-7H2,(H,20,23). The third kappa shape index (κ3) is 3.40. The number of carbonyl (C=O) groups excluding carboxylic acids is 1. The van der Waals surface area contributed by atoms with Crippen molar-refractivity contribution in [2.75, 3.05) is 18.4 Å². The van der Waals surface area contributed by atoms with Crippen molar-refractivity contribution in [3.05, 3.63) is 28.8 Å². The predicted octanol–water partition coefficient (Wildman–Crippen LogP) is 3.59. The lowest BCUT2D eigenvalue weighted by Crippen LogP contribution is -2.34. The fourth-order valence-corrected chi connectivity index (χ4v) is 3.68. The molecule has 126 valence electrons. The molecular weight excluding hydrogens is 333 g/mol. The average molecular weight is 349 g/mol. The molecule has 1 aliphatic carbocycles. The Labute approximate surface area is 136 Å². The van der Waals surface area contributed by atoms with Crippen molar-refractivity contribution in [3.63, 3.8) is 0 Å². The molecule has 4 nitrogen and oxygen atoms in total.